The van der Waals surface area contributed by atoms with E-state index in [-0.39, 0.29) is 18.4 Å². The third-order valence-electron chi connectivity index (χ3n) is 4.35. The van der Waals surface area contributed by atoms with Crippen molar-refractivity contribution >= 4 is 40.3 Å². The van der Waals surface area contributed by atoms with Gasteiger partial charge in [0, 0.05) is 26.6 Å². The van der Waals surface area contributed by atoms with Gasteiger partial charge in [0.25, 0.3) is 5.91 Å². The lowest BCUT2D eigenvalue weighted by atomic mass is 10.1. The Kier molecular flexibility index (Phi) is 9.13. The molecule has 0 saturated heterocycles. The molecule has 0 bridgehead atoms. The molecule has 0 spiro atoms. The number of hydrogen-bond acceptors (Lipinski definition) is 7. The molecular weight excluding hydrogens is 458 g/mol. The monoisotopic (exact) mass is 489 g/mol. The Labute approximate surface area is 203 Å². The summed E-state index contributed by atoms with van der Waals surface area (Å²) in [5, 5.41) is 8.25. The highest BCUT2D eigenvalue weighted by Gasteiger charge is 2.20. The Morgan fingerprint density at radius 3 is 2.26 bits per heavy atom. The molecule has 0 radical (unpaired) electrons. The van der Waals surface area contributed by atoms with Crippen LogP contribution in [0.2, 0.25) is 0 Å². The number of carbonyl (C=O) groups excluding carboxylic acids is 4. The Hall–Kier alpha value is -3.47. The smallest absolute Gasteiger partial charge is 0.410 e. The molecule has 2 aromatic rings. The van der Waals surface area contributed by atoms with Crippen molar-refractivity contribution in [3.05, 3.63) is 40.4 Å². The van der Waals surface area contributed by atoms with E-state index >= 15 is 0 Å². The second kappa shape index (κ2) is 11.6. The summed E-state index contributed by atoms with van der Waals surface area (Å²) in [7, 11) is 3.21. The summed E-state index contributed by atoms with van der Waals surface area (Å²) in [5.74, 6) is -0.535. The van der Waals surface area contributed by atoms with Crippen molar-refractivity contribution < 1.29 is 23.9 Å². The Morgan fingerprint density at radius 2 is 1.71 bits per heavy atom. The molecule has 0 saturated carbocycles. The maximum absolute atomic E-state index is 12.7. The van der Waals surface area contributed by atoms with Gasteiger partial charge in [-0.3, -0.25) is 14.4 Å². The summed E-state index contributed by atoms with van der Waals surface area (Å²) >= 11 is 1.06. The van der Waals surface area contributed by atoms with Crippen molar-refractivity contribution in [3.63, 3.8) is 0 Å². The highest BCUT2D eigenvalue weighted by Crippen LogP contribution is 2.25. The maximum Gasteiger partial charge on any atom is 0.413 e. The first kappa shape index (κ1) is 26.8. The van der Waals surface area contributed by atoms with Crippen molar-refractivity contribution in [1.82, 2.24) is 20.5 Å². The molecule has 3 N–H and O–H groups in total. The number of nitrogens with one attached hydrogen (secondary N) is 3. The highest BCUT2D eigenvalue weighted by atomic mass is 32.1. The van der Waals surface area contributed by atoms with E-state index in [0.29, 0.717) is 34.3 Å². The van der Waals surface area contributed by atoms with Gasteiger partial charge in [-0.05, 0) is 51.3 Å². The lowest BCUT2D eigenvalue weighted by Gasteiger charge is -2.19. The Morgan fingerprint density at radius 1 is 1.06 bits per heavy atom. The summed E-state index contributed by atoms with van der Waals surface area (Å²) in [6, 6.07) is 7.05. The van der Waals surface area contributed by atoms with Gasteiger partial charge < -0.3 is 25.6 Å². The molecule has 0 aliphatic carbocycles. The van der Waals surface area contributed by atoms with Crippen LogP contribution in [-0.2, 0) is 22.4 Å². The van der Waals surface area contributed by atoms with Gasteiger partial charge in [-0.15, -0.1) is 0 Å². The number of likely N-dealkylation sites (N-methyl/N-ethyl adjacent to an activating group) is 1. The fourth-order valence-electron chi connectivity index (χ4n) is 2.72. The molecule has 0 aliphatic heterocycles. The van der Waals surface area contributed by atoms with E-state index < -0.39 is 17.5 Å². The molecule has 1 heterocycles. The zero-order valence-corrected chi connectivity index (χ0v) is 21.1. The number of aryl methyl sites for hydroxylation is 2. The van der Waals surface area contributed by atoms with Crippen LogP contribution >= 0.6 is 11.3 Å². The Bertz CT molecular complexity index is 1040. The third-order valence-corrected chi connectivity index (χ3v) is 5.36. The number of aromatic nitrogens is 1. The second-order valence-corrected chi connectivity index (χ2v) is 9.85. The lowest BCUT2D eigenvalue weighted by Crippen LogP contribution is -2.42. The highest BCUT2D eigenvalue weighted by molar-refractivity contribution is 7.17. The van der Waals surface area contributed by atoms with Gasteiger partial charge in [0.2, 0.25) is 11.8 Å². The van der Waals surface area contributed by atoms with Crippen LogP contribution in [-0.4, -0.2) is 59.9 Å². The number of carbonyl (C=O) groups is 4. The molecule has 10 nitrogen and oxygen atoms in total. The average molecular weight is 490 g/mol. The first-order valence-electron chi connectivity index (χ1n) is 10.7. The molecule has 0 atom stereocenters. The van der Waals surface area contributed by atoms with Crippen LogP contribution in [0.25, 0.3) is 0 Å². The number of nitrogens with zero attached hydrogens (tertiary/aromatic N) is 2. The van der Waals surface area contributed by atoms with Gasteiger partial charge in [0.1, 0.15) is 10.6 Å². The normalized spacial score (nSPS) is 10.9. The minimum atomic E-state index is -0.531. The fraction of sp³-hybridized carbons (Fsp3) is 0.435. The molecule has 34 heavy (non-hydrogen) atoms. The molecule has 0 aliphatic rings. The summed E-state index contributed by atoms with van der Waals surface area (Å²) in [5.41, 5.74) is 1.07. The number of rotatable bonds is 8. The maximum atomic E-state index is 12.7. The van der Waals surface area contributed by atoms with Gasteiger partial charge in [0.05, 0.1) is 12.2 Å². The SMILES string of the molecule is CC(=O)Nc1nc(CCc2ccc(OC(=O)NC(C)(C)C)cc2)c(C(=O)NCC(=O)N(C)C)s1. The van der Waals surface area contributed by atoms with Crippen LogP contribution < -0.4 is 20.7 Å². The van der Waals surface area contributed by atoms with Gasteiger partial charge in [-0.1, -0.05) is 23.5 Å². The molecule has 1 aromatic carbocycles. The van der Waals surface area contributed by atoms with Crippen LogP contribution in [0.3, 0.4) is 0 Å². The van der Waals surface area contributed by atoms with Gasteiger partial charge in [-0.2, -0.15) is 0 Å². The number of ether oxygens (including phenoxy) is 1. The van der Waals surface area contributed by atoms with E-state index in [1.165, 1.54) is 11.8 Å². The molecule has 2 rings (SSSR count). The number of thiazole rings is 1. The minimum absolute atomic E-state index is 0.136. The summed E-state index contributed by atoms with van der Waals surface area (Å²) < 4.78 is 5.28. The minimum Gasteiger partial charge on any atom is -0.410 e. The van der Waals surface area contributed by atoms with Gasteiger partial charge in [0.15, 0.2) is 5.13 Å². The number of anilines is 1. The van der Waals surface area contributed by atoms with Crippen molar-refractivity contribution in [3.8, 4) is 5.75 Å². The Balaban J connectivity index is 2.06. The molecular formula is C23H31N5O5S. The van der Waals surface area contributed by atoms with Crippen LogP contribution in [0.15, 0.2) is 24.3 Å². The quantitative estimate of drug-likeness (QED) is 0.523. The standard InChI is InChI=1S/C23H31N5O5S/c1-14(29)25-21-26-17(19(34-21)20(31)24-13-18(30)28(5)6)12-9-15-7-10-16(11-8-15)33-22(32)27-23(2,3)4/h7-8,10-11H,9,12-13H2,1-6H3,(H,24,31)(H,27,32)(H,25,26,29). The molecule has 1 aromatic heterocycles. The van der Waals surface area contributed by atoms with Gasteiger partial charge >= 0.3 is 6.09 Å². The molecule has 0 unspecified atom stereocenters. The van der Waals surface area contributed by atoms with Crippen molar-refractivity contribution in [1.29, 1.82) is 0 Å². The van der Waals surface area contributed by atoms with Crippen LogP contribution in [0.4, 0.5) is 9.93 Å². The van der Waals surface area contributed by atoms with E-state index in [1.54, 1.807) is 26.2 Å². The number of hydrogen-bond donors (Lipinski definition) is 3. The second-order valence-electron chi connectivity index (χ2n) is 8.86. The summed E-state index contributed by atoms with van der Waals surface area (Å²) in [6.45, 7) is 6.82. The molecule has 4 amide bonds. The number of benzene rings is 1. The van der Waals surface area contributed by atoms with Crippen LogP contribution in [0, 0.1) is 0 Å². The van der Waals surface area contributed by atoms with E-state index in [9.17, 15) is 19.2 Å². The summed E-state index contributed by atoms with van der Waals surface area (Å²) in [4.78, 5) is 53.9. The van der Waals surface area contributed by atoms with Gasteiger partial charge in [-0.25, -0.2) is 9.78 Å². The zero-order chi connectivity index (χ0) is 25.5. The van der Waals surface area contributed by atoms with E-state index in [2.05, 4.69) is 20.9 Å². The molecule has 11 heteroatoms. The average Bonchev–Trinajstić information content (AvgIpc) is 3.11. The van der Waals surface area contributed by atoms with E-state index in [1.807, 2.05) is 32.9 Å². The zero-order valence-electron chi connectivity index (χ0n) is 20.3. The topological polar surface area (TPSA) is 130 Å². The van der Waals surface area contributed by atoms with Crippen molar-refractivity contribution in [2.24, 2.45) is 0 Å². The van der Waals surface area contributed by atoms with Crippen LogP contribution in [0.5, 0.6) is 5.75 Å². The number of amides is 4. The summed E-state index contributed by atoms with van der Waals surface area (Å²) in [6.07, 6.45) is 0.469. The largest absolute Gasteiger partial charge is 0.413 e. The fourth-order valence-corrected chi connectivity index (χ4v) is 3.70. The molecule has 0 fully saturated rings. The van der Waals surface area contributed by atoms with E-state index in [4.69, 9.17) is 4.74 Å². The predicted octanol–water partition coefficient (Wildman–Crippen LogP) is 2.59. The van der Waals surface area contributed by atoms with E-state index in [0.717, 1.165) is 16.9 Å². The molecule has 184 valence electrons. The third kappa shape index (κ3) is 8.81. The first-order valence-corrected chi connectivity index (χ1v) is 11.5. The van der Waals surface area contributed by atoms with Crippen molar-refractivity contribution in [2.75, 3.05) is 26.0 Å². The predicted molar refractivity (Wildman–Crippen MR) is 130 cm³/mol. The first-order chi connectivity index (χ1) is 15.8. The van der Waals surface area contributed by atoms with Crippen molar-refractivity contribution in [2.45, 2.75) is 46.1 Å². The lowest BCUT2D eigenvalue weighted by molar-refractivity contribution is -0.127. The van der Waals surface area contributed by atoms with Crippen LogP contribution in [0.1, 0.15) is 48.6 Å².